The largest absolute Gasteiger partial charge is 0.495 e. The van der Waals surface area contributed by atoms with Crippen LogP contribution in [-0.4, -0.2) is 47.3 Å². The third kappa shape index (κ3) is 4.45. The van der Waals surface area contributed by atoms with Crippen molar-refractivity contribution < 1.29 is 27.5 Å². The van der Waals surface area contributed by atoms with Gasteiger partial charge in [-0.1, -0.05) is 11.6 Å². The highest BCUT2D eigenvalue weighted by molar-refractivity contribution is 6.31. The van der Waals surface area contributed by atoms with E-state index in [1.54, 1.807) is 12.1 Å². The zero-order valence-corrected chi connectivity index (χ0v) is 16.9. The number of ether oxygens (including phenoxy) is 1. The molecule has 0 radical (unpaired) electrons. The van der Waals surface area contributed by atoms with Gasteiger partial charge in [-0.05, 0) is 24.6 Å². The van der Waals surface area contributed by atoms with E-state index in [0.29, 0.717) is 10.8 Å². The van der Waals surface area contributed by atoms with E-state index in [0.717, 1.165) is 4.68 Å². The van der Waals surface area contributed by atoms with Gasteiger partial charge in [0.25, 0.3) is 0 Å². The Morgan fingerprint density at radius 3 is 2.70 bits per heavy atom. The van der Waals surface area contributed by atoms with E-state index in [-0.39, 0.29) is 36.5 Å². The number of hydrogen-bond donors (Lipinski definition) is 2. The van der Waals surface area contributed by atoms with Crippen molar-refractivity contribution >= 4 is 29.2 Å². The van der Waals surface area contributed by atoms with Gasteiger partial charge in [-0.2, -0.15) is 18.3 Å². The highest BCUT2D eigenvalue weighted by atomic mass is 35.5. The van der Waals surface area contributed by atoms with Crippen molar-refractivity contribution in [2.75, 3.05) is 26.0 Å². The molecule has 2 N–H and O–H groups in total. The number of nitrogens with zero attached hydrogens (tertiary/aromatic N) is 3. The maximum absolute atomic E-state index is 13.4. The molecule has 3 amide bonds. The van der Waals surface area contributed by atoms with Crippen LogP contribution in [0, 0.1) is 0 Å². The molecule has 12 heteroatoms. The highest BCUT2D eigenvalue weighted by Crippen LogP contribution is 2.35. The summed E-state index contributed by atoms with van der Waals surface area (Å²) in [4.78, 5) is 25.8. The molecule has 2 aromatic rings. The Hall–Kier alpha value is -2.95. The van der Waals surface area contributed by atoms with Gasteiger partial charge >= 0.3 is 12.2 Å². The quantitative estimate of drug-likeness (QED) is 0.757. The lowest BCUT2D eigenvalue weighted by Crippen LogP contribution is -2.42. The average Bonchev–Trinajstić information content (AvgIpc) is 3.05. The topological polar surface area (TPSA) is 88.5 Å². The number of fused-ring (bicyclic) bond motifs is 1. The zero-order chi connectivity index (χ0) is 22.1. The Balaban J connectivity index is 1.89. The molecule has 30 heavy (non-hydrogen) atoms. The van der Waals surface area contributed by atoms with Crippen LogP contribution in [0.15, 0.2) is 18.2 Å². The van der Waals surface area contributed by atoms with Gasteiger partial charge in [-0.25, -0.2) is 4.79 Å². The fourth-order valence-corrected chi connectivity index (χ4v) is 3.45. The molecule has 0 unspecified atom stereocenters. The molecule has 0 fully saturated rings. The molecule has 0 saturated heterocycles. The smallest absolute Gasteiger partial charge is 0.435 e. The number of benzene rings is 1. The van der Waals surface area contributed by atoms with Gasteiger partial charge in [0.15, 0.2) is 5.69 Å². The Bertz CT molecular complexity index is 977. The number of hydrogen-bond acceptors (Lipinski definition) is 4. The van der Waals surface area contributed by atoms with E-state index in [1.807, 2.05) is 0 Å². The summed E-state index contributed by atoms with van der Waals surface area (Å²) >= 11 is 5.93. The van der Waals surface area contributed by atoms with Gasteiger partial charge in [-0.15, -0.1) is 0 Å². The fourth-order valence-electron chi connectivity index (χ4n) is 3.27. The normalized spacial score (nSPS) is 13.6. The van der Waals surface area contributed by atoms with Crippen molar-refractivity contribution in [1.29, 1.82) is 0 Å². The van der Waals surface area contributed by atoms with Gasteiger partial charge in [0, 0.05) is 24.2 Å². The fraction of sp³-hybridized carbons (Fsp3) is 0.389. The molecule has 0 spiro atoms. The minimum atomic E-state index is -4.67. The molecule has 3 rings (SSSR count). The number of halogens is 4. The molecular weight excluding hydrogens is 427 g/mol. The lowest BCUT2D eigenvalue weighted by Gasteiger charge is -2.27. The first-order valence-electron chi connectivity index (χ1n) is 8.89. The lowest BCUT2D eigenvalue weighted by molar-refractivity contribution is -0.142. The van der Waals surface area contributed by atoms with E-state index in [2.05, 4.69) is 15.7 Å². The molecule has 1 aliphatic rings. The van der Waals surface area contributed by atoms with Gasteiger partial charge < -0.3 is 20.3 Å². The standard InChI is InChI=1S/C18H19ClF3N5O3/c1-23-17(29)26-6-5-11-13(8-26)27(25-16(11)18(20,21)22)9-15(28)24-12-7-10(19)3-4-14(12)30-2/h3-4,7H,5-6,8-9H2,1-2H3,(H,23,29)(H,24,28). The molecule has 1 aromatic carbocycles. The number of amides is 3. The van der Waals surface area contributed by atoms with Crippen LogP contribution in [0.1, 0.15) is 17.0 Å². The second-order valence-electron chi connectivity index (χ2n) is 6.55. The predicted molar refractivity (Wildman–Crippen MR) is 102 cm³/mol. The number of carbonyl (C=O) groups excluding carboxylic acids is 2. The maximum Gasteiger partial charge on any atom is 0.435 e. The van der Waals surface area contributed by atoms with Crippen LogP contribution in [0.2, 0.25) is 5.02 Å². The molecule has 0 atom stereocenters. The number of nitrogens with one attached hydrogen (secondary N) is 2. The van der Waals surface area contributed by atoms with E-state index in [1.165, 1.54) is 25.1 Å². The number of anilines is 1. The summed E-state index contributed by atoms with van der Waals surface area (Å²) in [7, 11) is 2.84. The highest BCUT2D eigenvalue weighted by Gasteiger charge is 2.41. The lowest BCUT2D eigenvalue weighted by atomic mass is 10.0. The Labute approximate surface area is 174 Å². The van der Waals surface area contributed by atoms with Crippen molar-refractivity contribution in [2.24, 2.45) is 0 Å². The van der Waals surface area contributed by atoms with Crippen LogP contribution >= 0.6 is 11.6 Å². The average molecular weight is 446 g/mol. The summed E-state index contributed by atoms with van der Waals surface area (Å²) in [6.45, 7) is -0.450. The van der Waals surface area contributed by atoms with Crippen LogP contribution < -0.4 is 15.4 Å². The van der Waals surface area contributed by atoms with Crippen molar-refractivity contribution in [1.82, 2.24) is 20.0 Å². The molecular formula is C18H19ClF3N5O3. The van der Waals surface area contributed by atoms with Crippen LogP contribution in [0.3, 0.4) is 0 Å². The SMILES string of the molecule is CNC(=O)N1CCc2c(C(F)(F)F)nn(CC(=O)Nc3cc(Cl)ccc3OC)c2C1. The summed E-state index contributed by atoms with van der Waals surface area (Å²) in [6, 6.07) is 4.17. The minimum absolute atomic E-state index is 0.00390. The van der Waals surface area contributed by atoms with Crippen LogP contribution in [0.4, 0.5) is 23.7 Å². The van der Waals surface area contributed by atoms with Gasteiger partial charge in [0.2, 0.25) is 5.91 Å². The van der Waals surface area contributed by atoms with Gasteiger partial charge in [0.1, 0.15) is 12.3 Å². The van der Waals surface area contributed by atoms with E-state index < -0.39 is 30.4 Å². The Morgan fingerprint density at radius 1 is 1.33 bits per heavy atom. The second-order valence-corrected chi connectivity index (χ2v) is 6.99. The molecule has 1 aliphatic heterocycles. The number of rotatable bonds is 4. The molecule has 162 valence electrons. The summed E-state index contributed by atoms with van der Waals surface area (Å²) in [6.07, 6.45) is -4.68. The van der Waals surface area contributed by atoms with Gasteiger partial charge in [0.05, 0.1) is 25.0 Å². The Morgan fingerprint density at radius 2 is 2.07 bits per heavy atom. The summed E-state index contributed by atoms with van der Waals surface area (Å²) in [5.74, 6) is -0.274. The number of alkyl halides is 3. The first kappa shape index (κ1) is 21.8. The van der Waals surface area contributed by atoms with Crippen molar-refractivity contribution in [3.05, 3.63) is 40.2 Å². The Kier molecular flexibility index (Phi) is 6.11. The van der Waals surface area contributed by atoms with Crippen LogP contribution in [0.5, 0.6) is 5.75 Å². The zero-order valence-electron chi connectivity index (χ0n) is 16.1. The summed E-state index contributed by atoms with van der Waals surface area (Å²) in [5.41, 5.74) is -0.595. The molecule has 0 aliphatic carbocycles. The number of urea groups is 1. The third-order valence-electron chi connectivity index (χ3n) is 4.64. The van der Waals surface area contributed by atoms with Crippen molar-refractivity contribution in [3.8, 4) is 5.75 Å². The van der Waals surface area contributed by atoms with E-state index in [4.69, 9.17) is 16.3 Å². The predicted octanol–water partition coefficient (Wildman–Crippen LogP) is 2.90. The maximum atomic E-state index is 13.4. The minimum Gasteiger partial charge on any atom is -0.495 e. The summed E-state index contributed by atoms with van der Waals surface area (Å²) in [5, 5.41) is 9.00. The molecule has 8 nitrogen and oxygen atoms in total. The molecule has 1 aromatic heterocycles. The first-order chi connectivity index (χ1) is 14.1. The second kappa shape index (κ2) is 8.42. The van der Waals surface area contributed by atoms with Crippen LogP contribution in [0.25, 0.3) is 0 Å². The molecule has 0 bridgehead atoms. The summed E-state index contributed by atoms with van der Waals surface area (Å²) < 4.78 is 46.4. The van der Waals surface area contributed by atoms with E-state index >= 15 is 0 Å². The van der Waals surface area contributed by atoms with Gasteiger partial charge in [-0.3, -0.25) is 9.48 Å². The molecule has 0 saturated carbocycles. The van der Waals surface area contributed by atoms with Crippen molar-refractivity contribution in [3.63, 3.8) is 0 Å². The van der Waals surface area contributed by atoms with E-state index in [9.17, 15) is 22.8 Å². The van der Waals surface area contributed by atoms with Crippen molar-refractivity contribution in [2.45, 2.75) is 25.7 Å². The third-order valence-corrected chi connectivity index (χ3v) is 4.87. The first-order valence-corrected chi connectivity index (χ1v) is 9.27. The monoisotopic (exact) mass is 445 g/mol. The van der Waals surface area contributed by atoms with Crippen LogP contribution in [-0.2, 0) is 30.5 Å². The number of aromatic nitrogens is 2. The number of carbonyl (C=O) groups is 2. The molecule has 2 heterocycles. The number of methoxy groups -OCH3 is 1.